The fraction of sp³-hybridized carbons (Fsp3) is 0.111. The van der Waals surface area contributed by atoms with Gasteiger partial charge in [0.25, 0.3) is 0 Å². The number of fused-ring (bicyclic) bond motifs is 1. The molecule has 1 aromatic heterocycles. The highest BCUT2D eigenvalue weighted by Gasteiger charge is 2.08. The molecule has 0 saturated heterocycles. The van der Waals surface area contributed by atoms with Crippen molar-refractivity contribution in [3.63, 3.8) is 0 Å². The van der Waals surface area contributed by atoms with Crippen LogP contribution in [0.25, 0.3) is 10.9 Å². The summed E-state index contributed by atoms with van der Waals surface area (Å²) in [6, 6.07) is 3.38. The fourth-order valence-corrected chi connectivity index (χ4v) is 1.89. The first-order chi connectivity index (χ1) is 6.58. The number of primary amides is 1. The van der Waals surface area contributed by atoms with Crippen LogP contribution in [0.4, 0.5) is 0 Å². The van der Waals surface area contributed by atoms with Crippen molar-refractivity contribution in [1.82, 2.24) is 9.78 Å². The monoisotopic (exact) mass is 253 g/mol. The summed E-state index contributed by atoms with van der Waals surface area (Å²) in [4.78, 5) is 11.0. The Bertz CT molecular complexity index is 518. The molecule has 0 bridgehead atoms. The standard InChI is InChI=1S/C9H8BrN3O/c1-13-4-6-7(10)2-5(9(11)14)3-8(6)12-13/h2-4H,1H3,(H2,11,14). The predicted octanol–water partition coefficient (Wildman–Crippen LogP) is 1.43. The molecular formula is C9H8BrN3O. The minimum absolute atomic E-state index is 0.446. The Labute approximate surface area is 88.8 Å². The van der Waals surface area contributed by atoms with Gasteiger partial charge in [0.2, 0.25) is 5.91 Å². The Morgan fingerprint density at radius 3 is 2.93 bits per heavy atom. The Hall–Kier alpha value is -1.36. The lowest BCUT2D eigenvalue weighted by Crippen LogP contribution is -2.10. The molecule has 1 aromatic carbocycles. The van der Waals surface area contributed by atoms with Crippen LogP contribution in [0.2, 0.25) is 0 Å². The molecule has 0 spiro atoms. The number of carbonyl (C=O) groups excluding carboxylic acids is 1. The highest BCUT2D eigenvalue weighted by Crippen LogP contribution is 2.24. The third kappa shape index (κ3) is 1.39. The van der Waals surface area contributed by atoms with Crippen molar-refractivity contribution in [2.45, 2.75) is 0 Å². The van der Waals surface area contributed by atoms with Crippen LogP contribution in [-0.2, 0) is 7.05 Å². The normalized spacial score (nSPS) is 10.7. The van der Waals surface area contributed by atoms with E-state index in [1.165, 1.54) is 0 Å². The smallest absolute Gasteiger partial charge is 0.248 e. The number of rotatable bonds is 1. The molecule has 1 amide bonds. The van der Waals surface area contributed by atoms with E-state index in [1.54, 1.807) is 16.8 Å². The lowest BCUT2D eigenvalue weighted by Gasteiger charge is -1.97. The number of benzene rings is 1. The van der Waals surface area contributed by atoms with Gasteiger partial charge in [0.1, 0.15) is 0 Å². The van der Waals surface area contributed by atoms with Crippen molar-refractivity contribution < 1.29 is 4.79 Å². The molecule has 0 atom stereocenters. The molecule has 0 saturated carbocycles. The number of nitrogens with zero attached hydrogens (tertiary/aromatic N) is 2. The summed E-state index contributed by atoms with van der Waals surface area (Å²) in [5.41, 5.74) is 6.41. The molecule has 0 aliphatic heterocycles. The minimum atomic E-state index is -0.446. The lowest BCUT2D eigenvalue weighted by atomic mass is 10.1. The number of carbonyl (C=O) groups is 1. The van der Waals surface area contributed by atoms with Gasteiger partial charge in [0.15, 0.2) is 0 Å². The summed E-state index contributed by atoms with van der Waals surface area (Å²) in [6.07, 6.45) is 1.88. The highest BCUT2D eigenvalue weighted by molar-refractivity contribution is 9.10. The quantitative estimate of drug-likeness (QED) is 0.836. The van der Waals surface area contributed by atoms with Gasteiger partial charge in [-0.25, -0.2) is 0 Å². The van der Waals surface area contributed by atoms with Crippen molar-refractivity contribution in [2.75, 3.05) is 0 Å². The van der Waals surface area contributed by atoms with E-state index in [0.717, 1.165) is 15.4 Å². The first-order valence-corrected chi connectivity index (χ1v) is 4.80. The van der Waals surface area contributed by atoms with Gasteiger partial charge in [-0.1, -0.05) is 15.9 Å². The van der Waals surface area contributed by atoms with Crippen LogP contribution < -0.4 is 5.73 Å². The SMILES string of the molecule is Cn1cc2c(Br)cc(C(N)=O)cc2n1. The Balaban J connectivity index is 2.77. The topological polar surface area (TPSA) is 60.9 Å². The second-order valence-electron chi connectivity index (χ2n) is 3.06. The van der Waals surface area contributed by atoms with Crippen LogP contribution in [-0.4, -0.2) is 15.7 Å². The third-order valence-corrected chi connectivity index (χ3v) is 2.63. The van der Waals surface area contributed by atoms with Gasteiger partial charge in [-0.3, -0.25) is 9.48 Å². The molecule has 72 valence electrons. The van der Waals surface area contributed by atoms with Crippen molar-refractivity contribution in [2.24, 2.45) is 12.8 Å². The molecule has 0 aliphatic carbocycles. The maximum absolute atomic E-state index is 11.0. The molecule has 1 heterocycles. The second-order valence-corrected chi connectivity index (χ2v) is 3.91. The largest absolute Gasteiger partial charge is 0.366 e. The summed E-state index contributed by atoms with van der Waals surface area (Å²) in [6.45, 7) is 0. The number of aryl methyl sites for hydroxylation is 1. The van der Waals surface area contributed by atoms with Gasteiger partial charge in [-0.05, 0) is 12.1 Å². The molecule has 14 heavy (non-hydrogen) atoms. The fourth-order valence-electron chi connectivity index (χ4n) is 1.34. The molecule has 0 unspecified atom stereocenters. The Kier molecular flexibility index (Phi) is 2.03. The van der Waals surface area contributed by atoms with Gasteiger partial charge >= 0.3 is 0 Å². The number of aromatic nitrogens is 2. The van der Waals surface area contributed by atoms with Crippen LogP contribution in [0.15, 0.2) is 22.8 Å². The zero-order valence-electron chi connectivity index (χ0n) is 7.49. The van der Waals surface area contributed by atoms with Gasteiger partial charge in [0.05, 0.1) is 5.52 Å². The molecule has 4 nitrogen and oxygen atoms in total. The Morgan fingerprint density at radius 1 is 1.57 bits per heavy atom. The number of hydrogen-bond acceptors (Lipinski definition) is 2. The highest BCUT2D eigenvalue weighted by atomic mass is 79.9. The summed E-state index contributed by atoms with van der Waals surface area (Å²) >= 11 is 3.37. The van der Waals surface area contributed by atoms with Gasteiger partial charge in [0, 0.05) is 28.7 Å². The molecule has 0 fully saturated rings. The Morgan fingerprint density at radius 2 is 2.29 bits per heavy atom. The predicted molar refractivity (Wildman–Crippen MR) is 56.9 cm³/mol. The van der Waals surface area contributed by atoms with E-state index in [9.17, 15) is 4.79 Å². The maximum Gasteiger partial charge on any atom is 0.248 e. The van der Waals surface area contributed by atoms with Gasteiger partial charge < -0.3 is 5.73 Å². The van der Waals surface area contributed by atoms with E-state index in [2.05, 4.69) is 21.0 Å². The number of amides is 1. The maximum atomic E-state index is 11.0. The molecule has 0 aliphatic rings. The molecule has 5 heteroatoms. The number of hydrogen-bond donors (Lipinski definition) is 1. The zero-order valence-corrected chi connectivity index (χ0v) is 9.08. The average Bonchev–Trinajstić information content (AvgIpc) is 2.45. The summed E-state index contributed by atoms with van der Waals surface area (Å²) in [5, 5.41) is 5.17. The third-order valence-electron chi connectivity index (χ3n) is 1.97. The molecule has 2 rings (SSSR count). The minimum Gasteiger partial charge on any atom is -0.366 e. The molecule has 0 radical (unpaired) electrons. The van der Waals surface area contributed by atoms with Crippen molar-refractivity contribution >= 4 is 32.7 Å². The van der Waals surface area contributed by atoms with Gasteiger partial charge in [-0.2, -0.15) is 5.10 Å². The van der Waals surface area contributed by atoms with Crippen molar-refractivity contribution in [3.8, 4) is 0 Å². The van der Waals surface area contributed by atoms with E-state index < -0.39 is 5.91 Å². The van der Waals surface area contributed by atoms with Crippen LogP contribution in [0, 0.1) is 0 Å². The molecular weight excluding hydrogens is 246 g/mol. The second kappa shape index (κ2) is 3.09. The summed E-state index contributed by atoms with van der Waals surface area (Å²) in [5.74, 6) is -0.446. The van der Waals surface area contributed by atoms with E-state index in [0.29, 0.717) is 5.56 Å². The van der Waals surface area contributed by atoms with Crippen LogP contribution in [0.1, 0.15) is 10.4 Å². The van der Waals surface area contributed by atoms with E-state index in [-0.39, 0.29) is 0 Å². The van der Waals surface area contributed by atoms with Crippen molar-refractivity contribution in [1.29, 1.82) is 0 Å². The summed E-state index contributed by atoms with van der Waals surface area (Å²) < 4.78 is 2.53. The van der Waals surface area contributed by atoms with Crippen molar-refractivity contribution in [3.05, 3.63) is 28.4 Å². The zero-order chi connectivity index (χ0) is 10.3. The van der Waals surface area contributed by atoms with E-state index in [4.69, 9.17) is 5.73 Å². The first kappa shape index (κ1) is 9.21. The van der Waals surface area contributed by atoms with E-state index >= 15 is 0 Å². The van der Waals surface area contributed by atoms with Crippen LogP contribution in [0.5, 0.6) is 0 Å². The van der Waals surface area contributed by atoms with Crippen LogP contribution >= 0.6 is 15.9 Å². The number of halogens is 1. The van der Waals surface area contributed by atoms with Gasteiger partial charge in [-0.15, -0.1) is 0 Å². The first-order valence-electron chi connectivity index (χ1n) is 4.00. The average molecular weight is 254 g/mol. The lowest BCUT2D eigenvalue weighted by molar-refractivity contribution is 0.100. The van der Waals surface area contributed by atoms with Crippen LogP contribution in [0.3, 0.4) is 0 Å². The molecule has 2 N–H and O–H groups in total. The number of nitrogens with two attached hydrogens (primary N) is 1. The molecule has 2 aromatic rings. The van der Waals surface area contributed by atoms with E-state index in [1.807, 2.05) is 13.2 Å². The summed E-state index contributed by atoms with van der Waals surface area (Å²) in [7, 11) is 1.83.